The average Bonchev–Trinajstić information content (AvgIpc) is 2.57. The number of carboxylic acid groups (broad SMARTS) is 1. The number of hydrogen-bond acceptors (Lipinski definition) is 4. The number of carbonyl (C=O) groups is 3. The first-order valence-electron chi connectivity index (χ1n) is 8.65. The number of hydrogen-bond donors (Lipinski definition) is 4. The predicted molar refractivity (Wildman–Crippen MR) is 94.6 cm³/mol. The lowest BCUT2D eigenvalue weighted by molar-refractivity contribution is -0.139. The summed E-state index contributed by atoms with van der Waals surface area (Å²) < 4.78 is 7.12. The zero-order chi connectivity index (χ0) is 19.9. The molecule has 0 unspecified atom stereocenters. The summed E-state index contributed by atoms with van der Waals surface area (Å²) in [7, 11) is 0. The van der Waals surface area contributed by atoms with Crippen LogP contribution in [-0.4, -0.2) is 35.0 Å². The lowest BCUT2D eigenvalue weighted by atomic mass is 9.93. The minimum atomic E-state index is -1.23. The highest BCUT2D eigenvalue weighted by Crippen LogP contribution is 2.20. The Labute approximate surface area is 149 Å². The molecule has 0 fully saturated rings. The van der Waals surface area contributed by atoms with Gasteiger partial charge in [-0.15, -0.1) is 0 Å². The van der Waals surface area contributed by atoms with Crippen LogP contribution < -0.4 is 16.4 Å². The molecule has 7 nitrogen and oxygen atoms in total. The van der Waals surface area contributed by atoms with Crippen LogP contribution in [0.3, 0.4) is 0 Å². The largest absolute Gasteiger partial charge is 0.481 e. The van der Waals surface area contributed by atoms with Crippen LogP contribution in [0.5, 0.6) is 0 Å². The standard InChI is InChI=1S/C18H27N3O4/c1-11(2)15(20-16(24)13(19)10-14(22)23)17(25)21-18(3,4)12-8-6-5-7-9-12/h5-9,11,13,15H,10,19H2,1-4H3,(H,20,24)(H,21,25)(H,22,23)/t13-,15-/m0/s1/i/hD. The third-order valence-electron chi connectivity index (χ3n) is 3.87. The van der Waals surface area contributed by atoms with Crippen LogP contribution in [0, 0.1) is 5.92 Å². The fraction of sp³-hybridized carbons (Fsp3) is 0.500. The monoisotopic (exact) mass is 350 g/mol. The molecule has 25 heavy (non-hydrogen) atoms. The average molecular weight is 350 g/mol. The van der Waals surface area contributed by atoms with E-state index >= 15 is 0 Å². The van der Waals surface area contributed by atoms with Crippen molar-refractivity contribution in [2.45, 2.75) is 51.7 Å². The lowest BCUT2D eigenvalue weighted by Crippen LogP contribution is -2.56. The van der Waals surface area contributed by atoms with Crippen molar-refractivity contribution in [3.8, 4) is 0 Å². The van der Waals surface area contributed by atoms with Crippen molar-refractivity contribution in [1.29, 1.82) is 0 Å². The molecule has 2 atom stereocenters. The maximum atomic E-state index is 12.7. The van der Waals surface area contributed by atoms with Crippen LogP contribution >= 0.6 is 0 Å². The van der Waals surface area contributed by atoms with Gasteiger partial charge in [-0.1, -0.05) is 44.2 Å². The Bertz CT molecular complexity index is 635. The molecule has 0 aliphatic carbocycles. The topological polar surface area (TPSA) is 122 Å². The minimum absolute atomic E-state index is 0.221. The molecule has 1 rings (SSSR count). The Hall–Kier alpha value is -2.41. The zero-order valence-corrected chi connectivity index (χ0v) is 15.0. The molecule has 0 aliphatic heterocycles. The van der Waals surface area contributed by atoms with Gasteiger partial charge in [0.05, 0.1) is 18.0 Å². The van der Waals surface area contributed by atoms with E-state index in [0.29, 0.717) is 0 Å². The molecule has 0 bridgehead atoms. The molecular weight excluding hydrogens is 322 g/mol. The molecule has 0 saturated heterocycles. The van der Waals surface area contributed by atoms with E-state index in [2.05, 4.69) is 10.6 Å². The van der Waals surface area contributed by atoms with Crippen LogP contribution in [0.4, 0.5) is 0 Å². The van der Waals surface area contributed by atoms with Crippen molar-refractivity contribution < 1.29 is 20.9 Å². The van der Waals surface area contributed by atoms with Gasteiger partial charge in [-0.25, -0.2) is 0 Å². The van der Waals surface area contributed by atoms with E-state index in [1.807, 2.05) is 49.9 Å². The minimum Gasteiger partial charge on any atom is -0.481 e. The zero-order valence-electron chi connectivity index (χ0n) is 16.0. The summed E-state index contributed by atoms with van der Waals surface area (Å²) >= 11 is 0. The number of carboxylic acids is 1. The first-order chi connectivity index (χ1) is 12.1. The second kappa shape index (κ2) is 8.62. The SMILES string of the molecule is [2H]N[C@@H](CC(=O)O)C(=O)N[C@H](C(=O)NC(C)(C)c1ccccc1)C(C)C. The second-order valence-electron chi connectivity index (χ2n) is 6.86. The van der Waals surface area contributed by atoms with Gasteiger partial charge in [-0.3, -0.25) is 14.4 Å². The van der Waals surface area contributed by atoms with Crippen LogP contribution in [-0.2, 0) is 19.9 Å². The highest BCUT2D eigenvalue weighted by molar-refractivity contribution is 5.91. The molecule has 0 radical (unpaired) electrons. The molecule has 138 valence electrons. The Morgan fingerprint density at radius 1 is 1.20 bits per heavy atom. The molecule has 2 amide bonds. The summed E-state index contributed by atoms with van der Waals surface area (Å²) in [6.45, 7) is 7.27. The van der Waals surface area contributed by atoms with E-state index in [0.717, 1.165) is 5.56 Å². The Balaban J connectivity index is 2.87. The van der Waals surface area contributed by atoms with Gasteiger partial charge in [0.25, 0.3) is 0 Å². The second-order valence-corrected chi connectivity index (χ2v) is 6.86. The number of nitrogens with one attached hydrogen (secondary N) is 2. The number of rotatable bonds is 9. The first kappa shape index (κ1) is 18.9. The van der Waals surface area contributed by atoms with Crippen LogP contribution in [0.25, 0.3) is 0 Å². The van der Waals surface area contributed by atoms with E-state index in [1.165, 1.54) is 0 Å². The van der Waals surface area contributed by atoms with Crippen molar-refractivity contribution in [2.24, 2.45) is 11.6 Å². The summed E-state index contributed by atoms with van der Waals surface area (Å²) in [5.74, 6) is -2.50. The van der Waals surface area contributed by atoms with Gasteiger partial charge in [0.2, 0.25) is 11.8 Å². The maximum Gasteiger partial charge on any atom is 0.305 e. The summed E-state index contributed by atoms with van der Waals surface area (Å²) in [5.41, 5.74) is 2.18. The maximum absolute atomic E-state index is 12.7. The molecule has 0 heterocycles. The van der Waals surface area contributed by atoms with E-state index < -0.39 is 35.9 Å². The molecule has 0 saturated carbocycles. The highest BCUT2D eigenvalue weighted by atomic mass is 16.4. The summed E-state index contributed by atoms with van der Waals surface area (Å²) in [4.78, 5) is 35.7. The van der Waals surface area contributed by atoms with Crippen molar-refractivity contribution in [3.63, 3.8) is 0 Å². The first-order valence-corrected chi connectivity index (χ1v) is 8.15. The van der Waals surface area contributed by atoms with Crippen molar-refractivity contribution in [3.05, 3.63) is 35.9 Å². The molecule has 5 N–H and O–H groups in total. The van der Waals surface area contributed by atoms with E-state index in [1.54, 1.807) is 13.8 Å². The van der Waals surface area contributed by atoms with Crippen molar-refractivity contribution in [2.75, 3.05) is 0 Å². The van der Waals surface area contributed by atoms with E-state index in [9.17, 15) is 14.4 Å². The van der Waals surface area contributed by atoms with Gasteiger partial charge >= 0.3 is 5.97 Å². The van der Waals surface area contributed by atoms with Crippen molar-refractivity contribution >= 4 is 17.8 Å². The van der Waals surface area contributed by atoms with Gasteiger partial charge in [0, 0.05) is 0 Å². The van der Waals surface area contributed by atoms with Gasteiger partial charge in [-0.05, 0) is 25.3 Å². The Morgan fingerprint density at radius 3 is 2.28 bits per heavy atom. The van der Waals surface area contributed by atoms with Gasteiger partial charge in [0.15, 0.2) is 0 Å². The Kier molecular flexibility index (Phi) is 6.52. The molecule has 0 aliphatic rings. The number of nitrogens with two attached hydrogens (primary N) is 1. The summed E-state index contributed by atoms with van der Waals surface area (Å²) in [6, 6.07) is 7.35. The lowest BCUT2D eigenvalue weighted by Gasteiger charge is -2.31. The summed E-state index contributed by atoms with van der Waals surface area (Å²) in [6.07, 6.45) is -0.544. The fourth-order valence-corrected chi connectivity index (χ4v) is 2.37. The third kappa shape index (κ3) is 6.19. The van der Waals surface area contributed by atoms with Gasteiger partial charge in [-0.2, -0.15) is 0 Å². The fourth-order valence-electron chi connectivity index (χ4n) is 2.37. The molecule has 1 aromatic carbocycles. The van der Waals surface area contributed by atoms with Crippen LogP contribution in [0.2, 0.25) is 1.41 Å². The van der Waals surface area contributed by atoms with Crippen LogP contribution in [0.15, 0.2) is 30.3 Å². The molecular formula is C18H27N3O4. The smallest absolute Gasteiger partial charge is 0.305 e. The van der Waals surface area contributed by atoms with Crippen LogP contribution in [0.1, 0.15) is 39.7 Å². The number of benzene rings is 1. The quantitative estimate of drug-likeness (QED) is 0.529. The number of carbonyl (C=O) groups excluding carboxylic acids is 2. The normalized spacial score (nSPS) is 14.4. The Morgan fingerprint density at radius 2 is 1.80 bits per heavy atom. The number of amides is 2. The highest BCUT2D eigenvalue weighted by Gasteiger charge is 2.31. The third-order valence-corrected chi connectivity index (χ3v) is 3.87. The molecule has 0 aromatic heterocycles. The molecule has 1 aromatic rings. The molecule has 0 spiro atoms. The van der Waals surface area contributed by atoms with Crippen molar-refractivity contribution in [1.82, 2.24) is 10.6 Å². The van der Waals surface area contributed by atoms with E-state index in [4.69, 9.17) is 6.52 Å². The van der Waals surface area contributed by atoms with Gasteiger partial charge < -0.3 is 21.5 Å². The number of aliphatic carboxylic acids is 1. The predicted octanol–water partition coefficient (Wildman–Crippen LogP) is 0.981. The van der Waals surface area contributed by atoms with Gasteiger partial charge in [0.1, 0.15) is 7.45 Å². The van der Waals surface area contributed by atoms with E-state index in [-0.39, 0.29) is 11.8 Å². The summed E-state index contributed by atoms with van der Waals surface area (Å²) in [5, 5.41) is 14.3. The molecule has 7 heteroatoms.